The molecule has 0 aliphatic heterocycles. The van der Waals surface area contributed by atoms with Gasteiger partial charge in [0.2, 0.25) is 0 Å². The van der Waals surface area contributed by atoms with E-state index >= 15 is 0 Å². The molecule has 2 unspecified atom stereocenters. The summed E-state index contributed by atoms with van der Waals surface area (Å²) in [6.45, 7) is 8.46. The van der Waals surface area contributed by atoms with Crippen LogP contribution in [0.25, 0.3) is 0 Å². The standard InChI is InChI=1S/C13H29NO4/c1-11(2)18-8-7-17-10-13(16)9-14-6-4-5-12(3)15/h11-16H,4-10H2,1-3H3. The number of hydrogen-bond donors (Lipinski definition) is 3. The van der Waals surface area contributed by atoms with Gasteiger partial charge in [0.05, 0.1) is 38.1 Å². The molecule has 0 aromatic heterocycles. The van der Waals surface area contributed by atoms with Crippen molar-refractivity contribution in [1.82, 2.24) is 5.32 Å². The largest absolute Gasteiger partial charge is 0.393 e. The summed E-state index contributed by atoms with van der Waals surface area (Å²) < 4.78 is 10.6. The van der Waals surface area contributed by atoms with Crippen LogP contribution in [0.3, 0.4) is 0 Å². The molecule has 0 heterocycles. The summed E-state index contributed by atoms with van der Waals surface area (Å²) >= 11 is 0. The van der Waals surface area contributed by atoms with Gasteiger partial charge in [-0.2, -0.15) is 0 Å². The summed E-state index contributed by atoms with van der Waals surface area (Å²) in [5, 5.41) is 21.8. The van der Waals surface area contributed by atoms with Gasteiger partial charge in [-0.05, 0) is 40.2 Å². The van der Waals surface area contributed by atoms with Crippen molar-refractivity contribution in [3.63, 3.8) is 0 Å². The van der Waals surface area contributed by atoms with Crippen molar-refractivity contribution in [3.05, 3.63) is 0 Å². The zero-order chi connectivity index (χ0) is 13.8. The molecule has 5 nitrogen and oxygen atoms in total. The molecule has 0 aliphatic rings. The number of hydrogen-bond acceptors (Lipinski definition) is 5. The molecule has 0 bridgehead atoms. The van der Waals surface area contributed by atoms with Crippen LogP contribution in [0.5, 0.6) is 0 Å². The lowest BCUT2D eigenvalue weighted by atomic mass is 10.2. The SMILES string of the molecule is CC(O)CCCNCC(O)COCCOC(C)C. The quantitative estimate of drug-likeness (QED) is 0.448. The Bertz CT molecular complexity index is 158. The Morgan fingerprint density at radius 2 is 1.83 bits per heavy atom. The zero-order valence-corrected chi connectivity index (χ0v) is 11.9. The zero-order valence-electron chi connectivity index (χ0n) is 11.9. The number of nitrogens with one attached hydrogen (secondary N) is 1. The van der Waals surface area contributed by atoms with Gasteiger partial charge in [-0.3, -0.25) is 0 Å². The van der Waals surface area contributed by atoms with E-state index in [1.807, 2.05) is 13.8 Å². The highest BCUT2D eigenvalue weighted by atomic mass is 16.5. The van der Waals surface area contributed by atoms with Gasteiger partial charge < -0.3 is 25.0 Å². The van der Waals surface area contributed by atoms with E-state index in [0.29, 0.717) is 26.4 Å². The minimum absolute atomic E-state index is 0.217. The third-order valence-electron chi connectivity index (χ3n) is 2.34. The topological polar surface area (TPSA) is 71.0 Å². The Labute approximate surface area is 110 Å². The molecular weight excluding hydrogens is 234 g/mol. The number of ether oxygens (including phenoxy) is 2. The van der Waals surface area contributed by atoms with Crippen molar-refractivity contribution in [1.29, 1.82) is 0 Å². The first-order valence-corrected chi connectivity index (χ1v) is 6.78. The van der Waals surface area contributed by atoms with Crippen LogP contribution in [-0.2, 0) is 9.47 Å². The first-order chi connectivity index (χ1) is 8.52. The van der Waals surface area contributed by atoms with E-state index in [1.54, 1.807) is 6.92 Å². The highest BCUT2D eigenvalue weighted by Crippen LogP contribution is 1.94. The lowest BCUT2D eigenvalue weighted by Crippen LogP contribution is -2.31. The van der Waals surface area contributed by atoms with Crippen LogP contribution < -0.4 is 5.32 Å². The number of aliphatic hydroxyl groups excluding tert-OH is 2. The van der Waals surface area contributed by atoms with Crippen molar-refractivity contribution in [2.45, 2.75) is 51.9 Å². The Balaban J connectivity index is 3.19. The molecule has 0 saturated heterocycles. The maximum absolute atomic E-state index is 9.59. The average molecular weight is 263 g/mol. The van der Waals surface area contributed by atoms with Crippen LogP contribution in [0.1, 0.15) is 33.6 Å². The molecule has 0 aromatic rings. The maximum atomic E-state index is 9.59. The molecule has 0 saturated carbocycles. The lowest BCUT2D eigenvalue weighted by molar-refractivity contribution is -0.00994. The predicted molar refractivity (Wildman–Crippen MR) is 71.7 cm³/mol. The van der Waals surface area contributed by atoms with Gasteiger partial charge in [0, 0.05) is 6.54 Å². The Morgan fingerprint density at radius 1 is 1.11 bits per heavy atom. The monoisotopic (exact) mass is 263 g/mol. The molecule has 3 N–H and O–H groups in total. The molecule has 0 spiro atoms. The van der Waals surface area contributed by atoms with Gasteiger partial charge in [-0.25, -0.2) is 0 Å². The Morgan fingerprint density at radius 3 is 2.44 bits per heavy atom. The first kappa shape index (κ1) is 17.8. The fourth-order valence-electron chi connectivity index (χ4n) is 1.41. The van der Waals surface area contributed by atoms with Crippen molar-refractivity contribution in [3.8, 4) is 0 Å². The second-order valence-corrected chi connectivity index (χ2v) is 4.84. The molecule has 0 radical (unpaired) electrons. The van der Waals surface area contributed by atoms with E-state index in [0.717, 1.165) is 19.4 Å². The molecule has 2 atom stereocenters. The predicted octanol–water partition coefficient (Wildman–Crippen LogP) is 0.540. The summed E-state index contributed by atoms with van der Waals surface area (Å²) in [7, 11) is 0. The molecule has 18 heavy (non-hydrogen) atoms. The normalized spacial score (nSPS) is 15.0. The molecular formula is C13H29NO4. The van der Waals surface area contributed by atoms with E-state index in [2.05, 4.69) is 5.32 Å². The molecule has 110 valence electrons. The maximum Gasteiger partial charge on any atom is 0.0897 e. The van der Waals surface area contributed by atoms with Crippen LogP contribution in [0.15, 0.2) is 0 Å². The van der Waals surface area contributed by atoms with E-state index < -0.39 is 6.10 Å². The van der Waals surface area contributed by atoms with E-state index in [9.17, 15) is 5.11 Å². The third kappa shape index (κ3) is 13.9. The fraction of sp³-hybridized carbons (Fsp3) is 1.00. The van der Waals surface area contributed by atoms with Crippen molar-refractivity contribution < 1.29 is 19.7 Å². The summed E-state index contributed by atoms with van der Waals surface area (Å²) in [5.74, 6) is 0. The van der Waals surface area contributed by atoms with Crippen molar-refractivity contribution in [2.24, 2.45) is 0 Å². The molecule has 0 aromatic carbocycles. The van der Waals surface area contributed by atoms with Gasteiger partial charge in [0.1, 0.15) is 0 Å². The average Bonchev–Trinajstić information content (AvgIpc) is 2.27. The van der Waals surface area contributed by atoms with E-state index in [1.165, 1.54) is 0 Å². The van der Waals surface area contributed by atoms with Crippen LogP contribution in [0.4, 0.5) is 0 Å². The smallest absolute Gasteiger partial charge is 0.0897 e. The summed E-state index contributed by atoms with van der Waals surface area (Å²) in [4.78, 5) is 0. The number of rotatable bonds is 12. The van der Waals surface area contributed by atoms with Crippen molar-refractivity contribution in [2.75, 3.05) is 32.9 Å². The number of aliphatic hydroxyl groups is 2. The van der Waals surface area contributed by atoms with E-state index in [-0.39, 0.29) is 12.2 Å². The highest BCUT2D eigenvalue weighted by Gasteiger charge is 2.04. The lowest BCUT2D eigenvalue weighted by Gasteiger charge is -2.13. The van der Waals surface area contributed by atoms with Crippen LogP contribution >= 0.6 is 0 Å². The van der Waals surface area contributed by atoms with Gasteiger partial charge >= 0.3 is 0 Å². The second kappa shape index (κ2) is 11.9. The summed E-state index contributed by atoms with van der Waals surface area (Å²) in [5.41, 5.74) is 0. The molecule has 5 heteroatoms. The Kier molecular flexibility index (Phi) is 11.7. The first-order valence-electron chi connectivity index (χ1n) is 6.78. The highest BCUT2D eigenvalue weighted by molar-refractivity contribution is 4.59. The second-order valence-electron chi connectivity index (χ2n) is 4.84. The van der Waals surface area contributed by atoms with Gasteiger partial charge in [0.25, 0.3) is 0 Å². The minimum Gasteiger partial charge on any atom is -0.393 e. The fourth-order valence-corrected chi connectivity index (χ4v) is 1.41. The van der Waals surface area contributed by atoms with Gasteiger partial charge in [-0.15, -0.1) is 0 Å². The van der Waals surface area contributed by atoms with Gasteiger partial charge in [0.15, 0.2) is 0 Å². The molecule has 0 fully saturated rings. The molecule has 0 rings (SSSR count). The van der Waals surface area contributed by atoms with Crippen LogP contribution in [0, 0.1) is 0 Å². The minimum atomic E-state index is -0.490. The summed E-state index contributed by atoms with van der Waals surface area (Å²) in [6.07, 6.45) is 1.17. The molecule has 0 amide bonds. The van der Waals surface area contributed by atoms with Crippen LogP contribution in [-0.4, -0.2) is 61.4 Å². The third-order valence-corrected chi connectivity index (χ3v) is 2.34. The van der Waals surface area contributed by atoms with Gasteiger partial charge in [-0.1, -0.05) is 0 Å². The summed E-state index contributed by atoms with van der Waals surface area (Å²) in [6, 6.07) is 0. The van der Waals surface area contributed by atoms with Crippen molar-refractivity contribution >= 4 is 0 Å². The van der Waals surface area contributed by atoms with Crippen LogP contribution in [0.2, 0.25) is 0 Å². The molecule has 0 aliphatic carbocycles. The Hall–Kier alpha value is -0.200. The van der Waals surface area contributed by atoms with E-state index in [4.69, 9.17) is 14.6 Å².